The Kier molecular flexibility index (Phi) is 4.35. The van der Waals surface area contributed by atoms with Crippen molar-refractivity contribution in [1.29, 1.82) is 0 Å². The van der Waals surface area contributed by atoms with Gasteiger partial charge in [-0.25, -0.2) is 9.97 Å². The van der Waals surface area contributed by atoms with Crippen LogP contribution >= 0.6 is 0 Å². The minimum absolute atomic E-state index is 0.0237. The van der Waals surface area contributed by atoms with Crippen LogP contribution in [0.5, 0.6) is 0 Å². The number of para-hydroxylation sites is 1. The van der Waals surface area contributed by atoms with Crippen LogP contribution in [0, 0.1) is 0 Å². The van der Waals surface area contributed by atoms with Gasteiger partial charge in [0.2, 0.25) is 0 Å². The van der Waals surface area contributed by atoms with Gasteiger partial charge < -0.3 is 14.6 Å². The van der Waals surface area contributed by atoms with Gasteiger partial charge in [-0.2, -0.15) is 0 Å². The van der Waals surface area contributed by atoms with Gasteiger partial charge in [0.15, 0.2) is 11.2 Å². The van der Waals surface area contributed by atoms with E-state index >= 15 is 0 Å². The van der Waals surface area contributed by atoms with Crippen LogP contribution in [0.2, 0.25) is 0 Å². The topological polar surface area (TPSA) is 88.3 Å². The van der Waals surface area contributed by atoms with Crippen LogP contribution in [0.15, 0.2) is 51.8 Å². The maximum Gasteiger partial charge on any atom is 0.287 e. The molecule has 2 aromatic heterocycles. The van der Waals surface area contributed by atoms with Crippen molar-refractivity contribution in [2.45, 2.75) is 19.4 Å². The van der Waals surface area contributed by atoms with E-state index in [1.165, 1.54) is 6.07 Å². The van der Waals surface area contributed by atoms with Gasteiger partial charge >= 0.3 is 0 Å². The first-order valence-corrected chi connectivity index (χ1v) is 8.59. The molecule has 0 spiro atoms. The molecule has 1 aliphatic heterocycles. The van der Waals surface area contributed by atoms with E-state index in [-0.39, 0.29) is 17.7 Å². The van der Waals surface area contributed by atoms with Crippen LogP contribution in [0.3, 0.4) is 0 Å². The first kappa shape index (κ1) is 16.3. The summed E-state index contributed by atoms with van der Waals surface area (Å²) in [6, 6.07) is 9.92. The van der Waals surface area contributed by atoms with Gasteiger partial charge in [0, 0.05) is 25.4 Å². The fraction of sp³-hybridized carbons (Fsp3) is 0.263. The van der Waals surface area contributed by atoms with Crippen molar-refractivity contribution >= 4 is 22.7 Å². The molecule has 0 bridgehead atoms. The molecule has 0 saturated carbocycles. The number of amides is 1. The molecular formula is C19H18N4O3. The van der Waals surface area contributed by atoms with E-state index in [1.807, 2.05) is 6.07 Å². The molecule has 1 N–H and O–H groups in total. The maximum atomic E-state index is 12.3. The number of fused-ring (bicyclic) bond motifs is 1. The average molecular weight is 350 g/mol. The second-order valence-corrected chi connectivity index (χ2v) is 6.18. The predicted molar refractivity (Wildman–Crippen MR) is 97.1 cm³/mol. The monoisotopic (exact) mass is 350 g/mol. The summed E-state index contributed by atoms with van der Waals surface area (Å²) in [4.78, 5) is 35.3. The molecule has 7 nitrogen and oxygen atoms in total. The lowest BCUT2D eigenvalue weighted by Gasteiger charge is -2.16. The highest BCUT2D eigenvalue weighted by Gasteiger charge is 2.15. The van der Waals surface area contributed by atoms with E-state index in [4.69, 9.17) is 4.42 Å². The Hall–Kier alpha value is -3.22. The predicted octanol–water partition coefficient (Wildman–Crippen LogP) is 2.11. The summed E-state index contributed by atoms with van der Waals surface area (Å²) in [5.74, 6) is 0.900. The smallest absolute Gasteiger partial charge is 0.287 e. The molecule has 0 atom stereocenters. The van der Waals surface area contributed by atoms with E-state index in [0.29, 0.717) is 16.8 Å². The zero-order valence-corrected chi connectivity index (χ0v) is 14.1. The lowest BCUT2D eigenvalue weighted by atomic mass is 10.2. The highest BCUT2D eigenvalue weighted by molar-refractivity contribution is 5.93. The van der Waals surface area contributed by atoms with E-state index in [0.717, 1.165) is 31.7 Å². The quantitative estimate of drug-likeness (QED) is 0.775. The van der Waals surface area contributed by atoms with Gasteiger partial charge in [-0.05, 0) is 31.0 Å². The number of carbonyl (C=O) groups excluding carboxylic acids is 1. The van der Waals surface area contributed by atoms with Gasteiger partial charge in [-0.3, -0.25) is 9.59 Å². The summed E-state index contributed by atoms with van der Waals surface area (Å²) >= 11 is 0. The number of anilines is 1. The highest BCUT2D eigenvalue weighted by atomic mass is 16.3. The average Bonchev–Trinajstić information content (AvgIpc) is 3.21. The molecule has 3 aromatic rings. The van der Waals surface area contributed by atoms with Gasteiger partial charge in [-0.15, -0.1) is 0 Å². The van der Waals surface area contributed by atoms with E-state index in [2.05, 4.69) is 20.2 Å². The Balaban J connectivity index is 1.49. The minimum atomic E-state index is -0.469. The molecule has 0 unspecified atom stereocenters. The summed E-state index contributed by atoms with van der Waals surface area (Å²) in [6.45, 7) is 2.15. The summed E-state index contributed by atoms with van der Waals surface area (Å²) in [5, 5.41) is 3.16. The Bertz CT molecular complexity index is 1010. The number of benzene rings is 1. The zero-order valence-electron chi connectivity index (χ0n) is 14.1. The van der Waals surface area contributed by atoms with Crippen LogP contribution in [0.4, 0.5) is 5.82 Å². The maximum absolute atomic E-state index is 12.3. The second-order valence-electron chi connectivity index (χ2n) is 6.18. The minimum Gasteiger partial charge on any atom is -0.451 e. The fourth-order valence-corrected chi connectivity index (χ4v) is 3.06. The largest absolute Gasteiger partial charge is 0.451 e. The third-order valence-electron chi connectivity index (χ3n) is 4.39. The first-order chi connectivity index (χ1) is 12.7. The normalized spacial score (nSPS) is 13.9. The third-order valence-corrected chi connectivity index (χ3v) is 4.39. The van der Waals surface area contributed by atoms with E-state index in [9.17, 15) is 9.59 Å². The number of hydrogen-bond donors (Lipinski definition) is 1. The third kappa shape index (κ3) is 3.28. The Morgan fingerprint density at radius 1 is 1.19 bits per heavy atom. The van der Waals surface area contributed by atoms with Gasteiger partial charge in [0.05, 0.1) is 11.9 Å². The summed E-state index contributed by atoms with van der Waals surface area (Å²) < 4.78 is 5.54. The summed E-state index contributed by atoms with van der Waals surface area (Å²) in [5.41, 5.74) is 0.140. The number of nitrogens with zero attached hydrogens (tertiary/aromatic N) is 3. The van der Waals surface area contributed by atoms with Gasteiger partial charge in [-0.1, -0.05) is 12.1 Å². The van der Waals surface area contributed by atoms with Gasteiger partial charge in [0.25, 0.3) is 5.91 Å². The van der Waals surface area contributed by atoms with Crippen molar-refractivity contribution in [3.8, 4) is 0 Å². The molecule has 1 fully saturated rings. The van der Waals surface area contributed by atoms with Crippen molar-refractivity contribution in [2.75, 3.05) is 18.0 Å². The molecule has 26 heavy (non-hydrogen) atoms. The number of rotatable bonds is 4. The second kappa shape index (κ2) is 6.95. The summed E-state index contributed by atoms with van der Waals surface area (Å²) in [6.07, 6.45) is 4.02. The SMILES string of the molecule is O=C(NCc1nccc(N2CCCC2)n1)c1cc(=O)c2ccccc2o1. The van der Waals surface area contributed by atoms with Gasteiger partial charge in [0.1, 0.15) is 17.2 Å². The number of aromatic nitrogens is 2. The van der Waals surface area contributed by atoms with Crippen molar-refractivity contribution < 1.29 is 9.21 Å². The first-order valence-electron chi connectivity index (χ1n) is 8.59. The number of carbonyl (C=O) groups is 1. The lowest BCUT2D eigenvalue weighted by Crippen LogP contribution is -2.26. The lowest BCUT2D eigenvalue weighted by molar-refractivity contribution is 0.0922. The van der Waals surface area contributed by atoms with E-state index in [1.54, 1.807) is 30.5 Å². The van der Waals surface area contributed by atoms with Crippen molar-refractivity contribution in [1.82, 2.24) is 15.3 Å². The fourth-order valence-electron chi connectivity index (χ4n) is 3.06. The number of hydrogen-bond acceptors (Lipinski definition) is 6. The van der Waals surface area contributed by atoms with Crippen LogP contribution in [-0.4, -0.2) is 29.0 Å². The number of nitrogens with one attached hydrogen (secondary N) is 1. The van der Waals surface area contributed by atoms with Crippen molar-refractivity contribution in [3.05, 3.63) is 64.4 Å². The Morgan fingerprint density at radius 2 is 2.00 bits per heavy atom. The molecule has 0 radical (unpaired) electrons. The molecular weight excluding hydrogens is 332 g/mol. The standard InChI is InChI=1S/C19H18N4O3/c24-14-11-16(26-15-6-2-1-5-13(14)15)19(25)21-12-17-20-8-7-18(22-17)23-9-3-4-10-23/h1-2,5-8,11H,3-4,9-10,12H2,(H,21,25). The molecule has 1 aromatic carbocycles. The van der Waals surface area contributed by atoms with E-state index < -0.39 is 5.91 Å². The van der Waals surface area contributed by atoms with Crippen LogP contribution in [0.25, 0.3) is 11.0 Å². The highest BCUT2D eigenvalue weighted by Crippen LogP contribution is 2.17. The molecule has 4 rings (SSSR count). The molecule has 132 valence electrons. The van der Waals surface area contributed by atoms with Crippen molar-refractivity contribution in [2.24, 2.45) is 0 Å². The zero-order chi connectivity index (χ0) is 17.9. The van der Waals surface area contributed by atoms with Crippen LogP contribution < -0.4 is 15.6 Å². The molecule has 1 saturated heterocycles. The van der Waals surface area contributed by atoms with Crippen molar-refractivity contribution in [3.63, 3.8) is 0 Å². The molecule has 7 heteroatoms. The molecule has 0 aliphatic carbocycles. The Morgan fingerprint density at radius 3 is 2.85 bits per heavy atom. The molecule has 3 heterocycles. The van der Waals surface area contributed by atoms with Crippen LogP contribution in [0.1, 0.15) is 29.2 Å². The van der Waals surface area contributed by atoms with Crippen LogP contribution in [-0.2, 0) is 6.54 Å². The molecule has 1 aliphatic rings. The summed E-state index contributed by atoms with van der Waals surface area (Å²) in [7, 11) is 0. The Labute approximate surface area is 149 Å². The molecule has 1 amide bonds.